The summed E-state index contributed by atoms with van der Waals surface area (Å²) in [7, 11) is 0. The maximum Gasteiger partial charge on any atom is 0.426 e. The summed E-state index contributed by atoms with van der Waals surface area (Å²) in [6.45, 7) is 4.67. The largest absolute Gasteiger partial charge is 0.479 e. The van der Waals surface area contributed by atoms with Gasteiger partial charge in [-0.3, -0.25) is 0 Å². The number of hydrogen-bond acceptors (Lipinski definition) is 2. The summed E-state index contributed by atoms with van der Waals surface area (Å²) in [5, 5.41) is 0.520. The van der Waals surface area contributed by atoms with Crippen LogP contribution in [0.1, 0.15) is 18.1 Å². The van der Waals surface area contributed by atoms with Crippen molar-refractivity contribution in [1.82, 2.24) is 0 Å². The summed E-state index contributed by atoms with van der Waals surface area (Å²) in [5.74, 6) is 0.119. The van der Waals surface area contributed by atoms with Crippen molar-refractivity contribution in [3.63, 3.8) is 0 Å². The Morgan fingerprint density at radius 3 is 2.00 bits per heavy atom. The zero-order chi connectivity index (χ0) is 14.1. The highest BCUT2D eigenvalue weighted by Gasteiger charge is 2.44. The third-order valence-corrected chi connectivity index (χ3v) is 3.07. The lowest BCUT2D eigenvalue weighted by Gasteiger charge is -2.25. The fourth-order valence-electron chi connectivity index (χ4n) is 1.59. The first-order chi connectivity index (χ1) is 8.12. The van der Waals surface area contributed by atoms with Gasteiger partial charge in [0, 0.05) is 11.1 Å². The van der Waals surface area contributed by atoms with Crippen molar-refractivity contribution in [2.75, 3.05) is 0 Å². The summed E-state index contributed by atoms with van der Waals surface area (Å²) >= 11 is 5.94. The quantitative estimate of drug-likeness (QED) is 0.918. The Morgan fingerprint density at radius 2 is 1.67 bits per heavy atom. The zero-order valence-electron chi connectivity index (χ0n) is 10.3. The topological polar surface area (TPSA) is 35.2 Å². The molecular weight excluding hydrogens is 267 g/mol. The molecule has 0 aliphatic rings. The van der Waals surface area contributed by atoms with Gasteiger partial charge in [-0.2, -0.15) is 13.2 Å². The molecule has 2 unspecified atom stereocenters. The average Bonchev–Trinajstić information content (AvgIpc) is 2.20. The fourth-order valence-corrected chi connectivity index (χ4v) is 1.70. The van der Waals surface area contributed by atoms with Crippen molar-refractivity contribution < 1.29 is 17.9 Å². The minimum Gasteiger partial charge on any atom is -0.479 e. The Labute approximate surface area is 109 Å². The molecule has 2 atom stereocenters. The summed E-state index contributed by atoms with van der Waals surface area (Å²) in [5.41, 5.74) is 6.63. The highest BCUT2D eigenvalue weighted by atomic mass is 35.5. The predicted octanol–water partition coefficient (Wildman–Crippen LogP) is 3.61. The van der Waals surface area contributed by atoms with E-state index in [4.69, 9.17) is 22.1 Å². The maximum atomic E-state index is 12.7. The van der Waals surface area contributed by atoms with Gasteiger partial charge in [0.05, 0.1) is 0 Å². The van der Waals surface area contributed by atoms with Gasteiger partial charge in [0.1, 0.15) is 5.75 Å². The van der Waals surface area contributed by atoms with Gasteiger partial charge >= 0.3 is 6.18 Å². The lowest BCUT2D eigenvalue weighted by molar-refractivity contribution is -0.199. The molecule has 0 spiro atoms. The van der Waals surface area contributed by atoms with Crippen LogP contribution in [-0.4, -0.2) is 18.3 Å². The van der Waals surface area contributed by atoms with E-state index in [1.54, 1.807) is 13.8 Å². The van der Waals surface area contributed by atoms with Gasteiger partial charge in [0.15, 0.2) is 0 Å². The van der Waals surface area contributed by atoms with Crippen LogP contribution >= 0.6 is 11.6 Å². The summed E-state index contributed by atoms with van der Waals surface area (Å²) in [4.78, 5) is 0. The van der Waals surface area contributed by atoms with E-state index in [0.29, 0.717) is 16.1 Å². The number of nitrogens with two attached hydrogens (primary N) is 1. The Morgan fingerprint density at radius 1 is 1.22 bits per heavy atom. The highest BCUT2D eigenvalue weighted by Crippen LogP contribution is 2.30. The number of alkyl halides is 3. The SMILES string of the molecule is Cc1cc(OC(C(C)N)C(F)(F)F)cc(C)c1Cl. The molecule has 0 amide bonds. The molecule has 102 valence electrons. The molecule has 0 saturated heterocycles. The van der Waals surface area contributed by atoms with Gasteiger partial charge < -0.3 is 10.5 Å². The molecule has 2 nitrogen and oxygen atoms in total. The zero-order valence-corrected chi connectivity index (χ0v) is 11.1. The van der Waals surface area contributed by atoms with Gasteiger partial charge in [-0.1, -0.05) is 11.6 Å². The van der Waals surface area contributed by atoms with Crippen molar-refractivity contribution in [2.24, 2.45) is 5.73 Å². The van der Waals surface area contributed by atoms with E-state index < -0.39 is 18.3 Å². The van der Waals surface area contributed by atoms with Crippen molar-refractivity contribution in [3.05, 3.63) is 28.3 Å². The van der Waals surface area contributed by atoms with E-state index >= 15 is 0 Å². The maximum absolute atomic E-state index is 12.7. The molecule has 18 heavy (non-hydrogen) atoms. The normalized spacial score (nSPS) is 15.3. The van der Waals surface area contributed by atoms with E-state index in [9.17, 15) is 13.2 Å². The summed E-state index contributed by atoms with van der Waals surface area (Å²) in [6.07, 6.45) is -6.53. The Hall–Kier alpha value is -0.940. The number of hydrogen-bond donors (Lipinski definition) is 1. The second kappa shape index (κ2) is 5.36. The van der Waals surface area contributed by atoms with Gasteiger partial charge in [-0.05, 0) is 44.0 Å². The second-order valence-corrected chi connectivity index (χ2v) is 4.69. The van der Waals surface area contributed by atoms with E-state index in [-0.39, 0.29) is 5.75 Å². The molecule has 0 saturated carbocycles. The first-order valence-corrected chi connectivity index (χ1v) is 5.76. The molecule has 1 aromatic carbocycles. The van der Waals surface area contributed by atoms with Crippen LogP contribution in [0.15, 0.2) is 12.1 Å². The molecule has 0 bridgehead atoms. The lowest BCUT2D eigenvalue weighted by atomic mass is 10.1. The van der Waals surface area contributed by atoms with E-state index in [1.165, 1.54) is 19.1 Å². The molecule has 1 rings (SSSR count). The minimum atomic E-state index is -4.50. The summed E-state index contributed by atoms with van der Waals surface area (Å²) < 4.78 is 43.1. The standard InChI is InChI=1S/C12H15ClF3NO/c1-6-4-9(5-7(2)10(6)13)18-11(8(3)17)12(14,15)16/h4-5,8,11H,17H2,1-3H3. The number of benzene rings is 1. The summed E-state index contributed by atoms with van der Waals surface area (Å²) in [6, 6.07) is 1.79. The van der Waals surface area contributed by atoms with Crippen LogP contribution < -0.4 is 10.5 Å². The number of ether oxygens (including phenoxy) is 1. The third-order valence-electron chi connectivity index (χ3n) is 2.47. The van der Waals surface area contributed by atoms with Crippen molar-refractivity contribution in [1.29, 1.82) is 0 Å². The van der Waals surface area contributed by atoms with Crippen LogP contribution in [0.5, 0.6) is 5.75 Å². The molecule has 0 aliphatic heterocycles. The van der Waals surface area contributed by atoms with Crippen LogP contribution in [0.3, 0.4) is 0 Å². The molecule has 0 aliphatic carbocycles. The molecule has 1 aromatic rings. The predicted molar refractivity (Wildman–Crippen MR) is 65.0 cm³/mol. The van der Waals surface area contributed by atoms with Gasteiger partial charge in [0.25, 0.3) is 0 Å². The van der Waals surface area contributed by atoms with Crippen LogP contribution in [0.25, 0.3) is 0 Å². The Balaban J connectivity index is 3.02. The molecule has 0 radical (unpaired) electrons. The van der Waals surface area contributed by atoms with E-state index in [1.807, 2.05) is 0 Å². The van der Waals surface area contributed by atoms with Gasteiger partial charge in [0.2, 0.25) is 6.10 Å². The van der Waals surface area contributed by atoms with Crippen molar-refractivity contribution in [2.45, 2.75) is 39.1 Å². The van der Waals surface area contributed by atoms with E-state index in [2.05, 4.69) is 0 Å². The van der Waals surface area contributed by atoms with Crippen LogP contribution in [0.2, 0.25) is 5.02 Å². The number of rotatable bonds is 3. The number of halogens is 4. The van der Waals surface area contributed by atoms with Crippen molar-refractivity contribution in [3.8, 4) is 5.75 Å². The first-order valence-electron chi connectivity index (χ1n) is 5.38. The highest BCUT2D eigenvalue weighted by molar-refractivity contribution is 6.32. The van der Waals surface area contributed by atoms with Crippen LogP contribution in [-0.2, 0) is 0 Å². The van der Waals surface area contributed by atoms with E-state index in [0.717, 1.165) is 0 Å². The van der Waals surface area contributed by atoms with Gasteiger partial charge in [-0.25, -0.2) is 0 Å². The Bertz CT molecular complexity index is 409. The second-order valence-electron chi connectivity index (χ2n) is 4.31. The smallest absolute Gasteiger partial charge is 0.426 e. The molecular formula is C12H15ClF3NO. The third kappa shape index (κ3) is 3.53. The molecule has 0 fully saturated rings. The molecule has 2 N–H and O–H groups in total. The van der Waals surface area contributed by atoms with Gasteiger partial charge in [-0.15, -0.1) is 0 Å². The Kier molecular flexibility index (Phi) is 4.50. The molecule has 6 heteroatoms. The van der Waals surface area contributed by atoms with Crippen LogP contribution in [0.4, 0.5) is 13.2 Å². The average molecular weight is 282 g/mol. The van der Waals surface area contributed by atoms with Crippen molar-refractivity contribution >= 4 is 11.6 Å². The molecule has 0 aromatic heterocycles. The molecule has 0 heterocycles. The fraction of sp³-hybridized carbons (Fsp3) is 0.500. The monoisotopic (exact) mass is 281 g/mol. The minimum absolute atomic E-state index is 0.119. The first kappa shape index (κ1) is 15.1. The lowest BCUT2D eigenvalue weighted by Crippen LogP contribution is -2.47. The van der Waals surface area contributed by atoms with Crippen LogP contribution in [0, 0.1) is 13.8 Å². The number of aryl methyl sites for hydroxylation is 2.